The van der Waals surface area contributed by atoms with E-state index in [4.69, 9.17) is 18.9 Å². The quantitative estimate of drug-likeness (QED) is 0.259. The minimum atomic E-state index is -2.87. The number of hydrogen-bond acceptors (Lipinski definition) is 9. The zero-order chi connectivity index (χ0) is 22.8. The summed E-state index contributed by atoms with van der Waals surface area (Å²) in [4.78, 5) is 47.7. The molecule has 1 rings (SSSR count). The molecule has 0 radical (unpaired) electrons. The monoisotopic (exact) mass is 450 g/mol. The van der Waals surface area contributed by atoms with Gasteiger partial charge < -0.3 is 23.5 Å². The number of aromatic amines is 1. The van der Waals surface area contributed by atoms with Crippen LogP contribution in [0.4, 0.5) is 14.0 Å². The van der Waals surface area contributed by atoms with Gasteiger partial charge in [-0.15, -0.1) is 0 Å². The third-order valence-corrected chi connectivity index (χ3v) is 4.49. The molecule has 11 nitrogen and oxygen atoms in total. The largest absolute Gasteiger partial charge is 0.512 e. The molecular weight excluding hydrogens is 426 g/mol. The Morgan fingerprint density at radius 3 is 2.10 bits per heavy atom. The Kier molecular flexibility index (Phi) is 10.0. The van der Waals surface area contributed by atoms with Crippen molar-refractivity contribution in [3.05, 3.63) is 45.0 Å². The third kappa shape index (κ3) is 9.08. The first kappa shape index (κ1) is 25.2. The van der Waals surface area contributed by atoms with Crippen LogP contribution in [0.3, 0.4) is 0 Å². The molecule has 1 aromatic heterocycles. The molecule has 0 aliphatic rings. The van der Waals surface area contributed by atoms with Crippen LogP contribution < -0.4 is 11.2 Å². The van der Waals surface area contributed by atoms with E-state index in [0.717, 1.165) is 10.8 Å². The van der Waals surface area contributed by atoms with Crippen molar-refractivity contribution in [1.82, 2.24) is 9.55 Å². The van der Waals surface area contributed by atoms with Crippen LogP contribution in [0.15, 0.2) is 27.9 Å². The van der Waals surface area contributed by atoms with Crippen LogP contribution in [0.5, 0.6) is 0 Å². The Morgan fingerprint density at radius 1 is 1.07 bits per heavy atom. The van der Waals surface area contributed by atoms with Crippen LogP contribution in [0, 0.1) is 5.82 Å². The first-order chi connectivity index (χ1) is 14.0. The molecule has 0 aliphatic heterocycles. The molecule has 13 heteroatoms. The summed E-state index contributed by atoms with van der Waals surface area (Å²) >= 11 is 0. The van der Waals surface area contributed by atoms with Gasteiger partial charge in [-0.3, -0.25) is 14.3 Å². The highest BCUT2D eigenvalue weighted by molar-refractivity contribution is 7.45. The molecule has 1 aromatic rings. The van der Waals surface area contributed by atoms with Crippen LogP contribution in [-0.4, -0.2) is 46.3 Å². The number of carbonyl (C=O) groups is 2. The number of nitrogens with zero attached hydrogens (tertiary/aromatic N) is 1. The second-order valence-corrected chi connectivity index (χ2v) is 8.24. The number of allylic oxidation sites excluding steroid dienone is 2. The summed E-state index contributed by atoms with van der Waals surface area (Å²) in [6.07, 6.45) is -0.101. The van der Waals surface area contributed by atoms with Crippen molar-refractivity contribution >= 4 is 20.1 Å². The lowest BCUT2D eigenvalue weighted by Crippen LogP contribution is -2.31. The molecule has 0 saturated heterocycles. The van der Waals surface area contributed by atoms with Crippen molar-refractivity contribution in [2.75, 3.05) is 6.16 Å². The van der Waals surface area contributed by atoms with E-state index in [2.05, 4.69) is 0 Å². The molecule has 1 N–H and O–H groups in total. The van der Waals surface area contributed by atoms with Gasteiger partial charge >= 0.3 is 24.0 Å². The third-order valence-electron chi connectivity index (χ3n) is 3.09. The lowest BCUT2D eigenvalue weighted by atomic mass is 10.5. The standard InChI is InChI=1S/C17H24FN2O9P/c1-10(2)26-15(23)28-17(29-16(24)27-11(3)4)30(25)8-6-5-7-20-9-12(18)13(21)19-14(20)22/h5-6,9-11,17,30H,7-8H2,1-4H3,(H,19,21,22)/b6-5-. The minimum Gasteiger partial charge on any atom is -0.431 e. The summed E-state index contributed by atoms with van der Waals surface area (Å²) in [6.45, 7) is 6.14. The molecular formula is C17H24FN2O9P. The number of ether oxygens (including phenoxy) is 4. The maximum atomic E-state index is 13.2. The first-order valence-electron chi connectivity index (χ1n) is 8.91. The van der Waals surface area contributed by atoms with Gasteiger partial charge in [0.15, 0.2) is 7.80 Å². The lowest BCUT2D eigenvalue weighted by molar-refractivity contribution is -0.0715. The maximum Gasteiger partial charge on any atom is 0.512 e. The van der Waals surface area contributed by atoms with Crippen LogP contribution in [0.25, 0.3) is 0 Å². The molecule has 0 amide bonds. The van der Waals surface area contributed by atoms with Crippen LogP contribution in [0.2, 0.25) is 0 Å². The van der Waals surface area contributed by atoms with Gasteiger partial charge in [-0.1, -0.05) is 12.2 Å². The fraction of sp³-hybridized carbons (Fsp3) is 0.529. The van der Waals surface area contributed by atoms with E-state index in [1.807, 2.05) is 0 Å². The second kappa shape index (κ2) is 12.0. The van der Waals surface area contributed by atoms with E-state index in [-0.39, 0.29) is 12.7 Å². The molecule has 0 bridgehead atoms. The molecule has 1 unspecified atom stereocenters. The molecule has 1 heterocycles. The summed E-state index contributed by atoms with van der Waals surface area (Å²) < 4.78 is 45.7. The lowest BCUT2D eigenvalue weighted by Gasteiger charge is -2.18. The number of nitrogens with one attached hydrogen (secondary N) is 1. The predicted octanol–water partition coefficient (Wildman–Crippen LogP) is 2.20. The first-order valence-corrected chi connectivity index (χ1v) is 10.6. The van der Waals surface area contributed by atoms with Crippen molar-refractivity contribution in [2.24, 2.45) is 0 Å². The fourth-order valence-corrected chi connectivity index (χ4v) is 2.92. The van der Waals surface area contributed by atoms with E-state index in [1.165, 1.54) is 12.2 Å². The van der Waals surface area contributed by atoms with E-state index in [9.17, 15) is 28.1 Å². The van der Waals surface area contributed by atoms with Crippen LogP contribution in [-0.2, 0) is 30.1 Å². The Labute approximate surface area is 171 Å². The number of hydrogen-bond donors (Lipinski definition) is 1. The van der Waals surface area contributed by atoms with Crippen LogP contribution >= 0.6 is 7.80 Å². The average molecular weight is 450 g/mol. The molecule has 1 atom stereocenters. The van der Waals surface area contributed by atoms with Crippen molar-refractivity contribution in [3.8, 4) is 0 Å². The Hall–Kier alpha value is -2.88. The molecule has 0 aromatic carbocycles. The summed E-state index contributed by atoms with van der Waals surface area (Å²) in [7, 11) is -2.87. The van der Waals surface area contributed by atoms with Crippen LogP contribution in [0.1, 0.15) is 27.7 Å². The van der Waals surface area contributed by atoms with Gasteiger partial charge in [-0.25, -0.2) is 14.4 Å². The Morgan fingerprint density at radius 2 is 1.60 bits per heavy atom. The second-order valence-electron chi connectivity index (χ2n) is 6.43. The van der Waals surface area contributed by atoms with Gasteiger partial charge in [0.25, 0.3) is 5.56 Å². The van der Waals surface area contributed by atoms with E-state index in [0.29, 0.717) is 0 Å². The van der Waals surface area contributed by atoms with Gasteiger partial charge in [0.05, 0.1) is 18.4 Å². The van der Waals surface area contributed by atoms with E-state index >= 15 is 0 Å². The summed E-state index contributed by atoms with van der Waals surface area (Å²) in [6, 6.07) is -1.73. The molecule has 0 aliphatic carbocycles. The summed E-state index contributed by atoms with van der Waals surface area (Å²) in [5.41, 5.74) is -1.96. The smallest absolute Gasteiger partial charge is 0.431 e. The van der Waals surface area contributed by atoms with E-state index in [1.54, 1.807) is 32.7 Å². The Bertz CT molecular complexity index is 883. The van der Waals surface area contributed by atoms with Gasteiger partial charge in [-0.2, -0.15) is 4.39 Å². The molecule has 168 valence electrons. The topological polar surface area (TPSA) is 143 Å². The molecule has 30 heavy (non-hydrogen) atoms. The van der Waals surface area contributed by atoms with Crippen molar-refractivity contribution in [3.63, 3.8) is 0 Å². The highest BCUT2D eigenvalue weighted by atomic mass is 31.1. The van der Waals surface area contributed by atoms with Gasteiger partial charge in [0.1, 0.15) is 0 Å². The van der Waals surface area contributed by atoms with Gasteiger partial charge in [-0.05, 0) is 27.7 Å². The number of aromatic nitrogens is 2. The number of halogens is 1. The number of rotatable bonds is 9. The van der Waals surface area contributed by atoms with Crippen molar-refractivity contribution in [1.29, 1.82) is 0 Å². The predicted molar refractivity (Wildman–Crippen MR) is 103 cm³/mol. The average Bonchev–Trinajstić information content (AvgIpc) is 2.60. The molecule has 0 spiro atoms. The van der Waals surface area contributed by atoms with Gasteiger partial charge in [0, 0.05) is 12.7 Å². The number of carbonyl (C=O) groups excluding carboxylic acids is 2. The zero-order valence-corrected chi connectivity index (χ0v) is 17.9. The SMILES string of the molecule is CC(C)OC(=O)OC(OC(=O)OC(C)C)[PH](=O)C/C=C\Cn1cc(F)c(=O)[nH]c1=O. The molecule has 0 saturated carbocycles. The summed E-state index contributed by atoms with van der Waals surface area (Å²) in [5.74, 6) is -1.13. The minimum absolute atomic E-state index is 0.126. The number of H-pyrrole nitrogens is 1. The highest BCUT2D eigenvalue weighted by Crippen LogP contribution is 2.31. The Balaban J connectivity index is 2.77. The van der Waals surface area contributed by atoms with E-state index < -0.39 is 55.4 Å². The summed E-state index contributed by atoms with van der Waals surface area (Å²) in [5, 5.41) is 0. The van der Waals surface area contributed by atoms with Gasteiger partial charge in [0.2, 0.25) is 5.82 Å². The van der Waals surface area contributed by atoms with Crippen molar-refractivity contribution < 1.29 is 37.5 Å². The highest BCUT2D eigenvalue weighted by Gasteiger charge is 2.27. The maximum absolute atomic E-state index is 13.2. The normalized spacial score (nSPS) is 12.4. The molecule has 0 fully saturated rings. The zero-order valence-electron chi connectivity index (χ0n) is 16.9. The fourth-order valence-electron chi connectivity index (χ4n) is 1.87. The van der Waals surface area contributed by atoms with Crippen molar-refractivity contribution in [2.45, 2.75) is 52.5 Å².